The summed E-state index contributed by atoms with van der Waals surface area (Å²) >= 11 is 1.67. The molecule has 2 aliphatic rings. The van der Waals surface area contributed by atoms with Crippen LogP contribution in [0.3, 0.4) is 0 Å². The first-order valence-electron chi connectivity index (χ1n) is 7.34. The molecule has 2 fully saturated rings. The number of amides is 1. The number of halogens is 1. The molecule has 1 N–H and O–H groups in total. The molecule has 0 saturated carbocycles. The Hall–Kier alpha value is -1.10. The summed E-state index contributed by atoms with van der Waals surface area (Å²) in [5.41, 5.74) is 0.893. The van der Waals surface area contributed by atoms with Crippen LogP contribution >= 0.6 is 23.7 Å². The molecule has 3 heterocycles. The Balaban J connectivity index is 0.00000132. The van der Waals surface area contributed by atoms with E-state index < -0.39 is 0 Å². The van der Waals surface area contributed by atoms with Gasteiger partial charge in [-0.2, -0.15) is 0 Å². The molecule has 2 aromatic rings. The summed E-state index contributed by atoms with van der Waals surface area (Å²) in [5, 5.41) is 6.60. The third-order valence-electron chi connectivity index (χ3n) is 4.60. The van der Waals surface area contributed by atoms with Crippen LogP contribution in [0.5, 0.6) is 0 Å². The highest BCUT2D eigenvalue weighted by Crippen LogP contribution is 2.33. The van der Waals surface area contributed by atoms with Crippen molar-refractivity contribution in [3.63, 3.8) is 0 Å². The van der Waals surface area contributed by atoms with Crippen molar-refractivity contribution in [3.05, 3.63) is 35.2 Å². The van der Waals surface area contributed by atoms with E-state index in [4.69, 9.17) is 0 Å². The van der Waals surface area contributed by atoms with Gasteiger partial charge in [-0.1, -0.05) is 18.2 Å². The Labute approximate surface area is 134 Å². The summed E-state index contributed by atoms with van der Waals surface area (Å²) in [6, 6.07) is 9.03. The summed E-state index contributed by atoms with van der Waals surface area (Å²) < 4.78 is 1.20. The average molecular weight is 323 g/mol. The predicted molar refractivity (Wildman–Crippen MR) is 89.5 cm³/mol. The van der Waals surface area contributed by atoms with Gasteiger partial charge in [0.15, 0.2) is 0 Å². The first-order chi connectivity index (χ1) is 9.84. The molecule has 1 aromatic carbocycles. The second-order valence-corrected chi connectivity index (χ2v) is 6.65. The summed E-state index contributed by atoms with van der Waals surface area (Å²) in [6.45, 7) is 1.99. The highest BCUT2D eigenvalue weighted by Gasteiger charge is 2.38. The highest BCUT2D eigenvalue weighted by atomic mass is 35.5. The highest BCUT2D eigenvalue weighted by molar-refractivity contribution is 7.17. The van der Waals surface area contributed by atoms with Crippen LogP contribution in [0.2, 0.25) is 0 Å². The molecule has 21 heavy (non-hydrogen) atoms. The number of nitrogens with zero attached hydrogens (tertiary/aromatic N) is 1. The van der Waals surface area contributed by atoms with Gasteiger partial charge in [0, 0.05) is 34.1 Å². The van der Waals surface area contributed by atoms with Crippen molar-refractivity contribution in [2.24, 2.45) is 0 Å². The molecule has 5 heteroatoms. The Morgan fingerprint density at radius 3 is 2.90 bits per heavy atom. The van der Waals surface area contributed by atoms with E-state index in [-0.39, 0.29) is 18.3 Å². The van der Waals surface area contributed by atoms with Gasteiger partial charge < -0.3 is 10.2 Å². The number of nitrogens with one attached hydrogen (secondary N) is 1. The monoisotopic (exact) mass is 322 g/mol. The minimum Gasteiger partial charge on any atom is -0.331 e. The number of hydrogen-bond donors (Lipinski definition) is 1. The molecule has 1 amide bonds. The van der Waals surface area contributed by atoms with Gasteiger partial charge in [-0.05, 0) is 31.9 Å². The van der Waals surface area contributed by atoms with Gasteiger partial charge in [0.1, 0.15) is 0 Å². The van der Waals surface area contributed by atoms with E-state index in [0.717, 1.165) is 36.9 Å². The maximum atomic E-state index is 13.0. The van der Waals surface area contributed by atoms with Crippen LogP contribution in [0, 0.1) is 0 Å². The maximum Gasteiger partial charge on any atom is 0.255 e. The largest absolute Gasteiger partial charge is 0.331 e. The molecule has 112 valence electrons. The minimum atomic E-state index is 0. The minimum absolute atomic E-state index is 0. The SMILES string of the molecule is Cl.O=C(c1csc2ccccc12)N1C2CCNCC1CC2. The van der Waals surface area contributed by atoms with Crippen molar-refractivity contribution in [2.45, 2.75) is 31.3 Å². The molecule has 0 radical (unpaired) electrons. The summed E-state index contributed by atoms with van der Waals surface area (Å²) in [4.78, 5) is 15.2. The predicted octanol–water partition coefficient (Wildman–Crippen LogP) is 3.29. The lowest BCUT2D eigenvalue weighted by Gasteiger charge is -2.27. The van der Waals surface area contributed by atoms with Crippen molar-refractivity contribution < 1.29 is 4.79 Å². The van der Waals surface area contributed by atoms with E-state index in [9.17, 15) is 4.79 Å². The number of rotatable bonds is 1. The Morgan fingerprint density at radius 1 is 1.19 bits per heavy atom. The molecule has 2 unspecified atom stereocenters. The van der Waals surface area contributed by atoms with Gasteiger partial charge in [-0.3, -0.25) is 4.79 Å². The number of carbonyl (C=O) groups is 1. The van der Waals surface area contributed by atoms with E-state index in [1.165, 1.54) is 11.1 Å². The summed E-state index contributed by atoms with van der Waals surface area (Å²) in [5.74, 6) is 0.235. The lowest BCUT2D eigenvalue weighted by Crippen LogP contribution is -2.42. The quantitative estimate of drug-likeness (QED) is 0.873. The fourth-order valence-electron chi connectivity index (χ4n) is 3.60. The van der Waals surface area contributed by atoms with Crippen molar-refractivity contribution >= 4 is 39.7 Å². The van der Waals surface area contributed by atoms with Crippen LogP contribution in [-0.2, 0) is 0 Å². The second kappa shape index (κ2) is 5.95. The summed E-state index contributed by atoms with van der Waals surface area (Å²) in [7, 11) is 0. The Morgan fingerprint density at radius 2 is 2.00 bits per heavy atom. The number of carbonyl (C=O) groups excluding carboxylic acids is 1. The number of hydrogen-bond acceptors (Lipinski definition) is 3. The zero-order valence-electron chi connectivity index (χ0n) is 11.7. The number of thiophene rings is 1. The fraction of sp³-hybridized carbons (Fsp3) is 0.438. The van der Waals surface area contributed by atoms with Gasteiger partial charge in [-0.25, -0.2) is 0 Å². The first kappa shape index (κ1) is 14.8. The Bertz CT molecular complexity index is 643. The number of fused-ring (bicyclic) bond motifs is 3. The van der Waals surface area contributed by atoms with E-state index in [0.29, 0.717) is 12.1 Å². The molecule has 1 aromatic heterocycles. The number of benzene rings is 1. The smallest absolute Gasteiger partial charge is 0.255 e. The lowest BCUT2D eigenvalue weighted by atomic mass is 10.1. The van der Waals surface area contributed by atoms with Crippen LogP contribution in [0.1, 0.15) is 29.6 Å². The zero-order chi connectivity index (χ0) is 13.5. The molecule has 0 spiro atoms. The maximum absolute atomic E-state index is 13.0. The molecular formula is C16H19ClN2OS. The Kier molecular flexibility index (Phi) is 4.20. The summed E-state index contributed by atoms with van der Waals surface area (Å²) in [6.07, 6.45) is 3.40. The fourth-order valence-corrected chi connectivity index (χ4v) is 4.53. The van der Waals surface area contributed by atoms with E-state index >= 15 is 0 Å². The topological polar surface area (TPSA) is 32.3 Å². The third-order valence-corrected chi connectivity index (χ3v) is 5.56. The molecule has 2 saturated heterocycles. The van der Waals surface area contributed by atoms with Crippen molar-refractivity contribution in [3.8, 4) is 0 Å². The molecular weight excluding hydrogens is 304 g/mol. The van der Waals surface area contributed by atoms with Crippen LogP contribution in [0.25, 0.3) is 10.1 Å². The van der Waals surface area contributed by atoms with Gasteiger partial charge in [0.2, 0.25) is 0 Å². The zero-order valence-corrected chi connectivity index (χ0v) is 13.4. The standard InChI is InChI=1S/C16H18N2OS.ClH/c19-16(14-10-20-15-4-2-1-3-13(14)15)18-11-5-6-12(18)9-17-8-7-11;/h1-4,10-12,17H,5-9H2;1H. The van der Waals surface area contributed by atoms with Crippen LogP contribution in [0.4, 0.5) is 0 Å². The average Bonchev–Trinajstić information content (AvgIpc) is 2.98. The molecule has 2 aliphatic heterocycles. The molecule has 4 rings (SSSR count). The molecule has 2 atom stereocenters. The van der Waals surface area contributed by atoms with E-state index in [1.807, 2.05) is 17.5 Å². The second-order valence-electron chi connectivity index (χ2n) is 5.74. The van der Waals surface area contributed by atoms with Gasteiger partial charge in [0.05, 0.1) is 5.56 Å². The molecule has 3 nitrogen and oxygen atoms in total. The lowest BCUT2D eigenvalue weighted by molar-refractivity contribution is 0.0683. The van der Waals surface area contributed by atoms with Crippen LogP contribution < -0.4 is 5.32 Å². The molecule has 0 aliphatic carbocycles. The van der Waals surface area contributed by atoms with E-state index in [1.54, 1.807) is 11.3 Å². The van der Waals surface area contributed by atoms with Crippen molar-refractivity contribution in [1.29, 1.82) is 0 Å². The van der Waals surface area contributed by atoms with Crippen molar-refractivity contribution in [1.82, 2.24) is 10.2 Å². The van der Waals surface area contributed by atoms with Crippen molar-refractivity contribution in [2.75, 3.05) is 13.1 Å². The normalized spacial score (nSPS) is 24.7. The van der Waals surface area contributed by atoms with Gasteiger partial charge in [-0.15, -0.1) is 23.7 Å². The van der Waals surface area contributed by atoms with Crippen LogP contribution in [-0.4, -0.2) is 36.0 Å². The van der Waals surface area contributed by atoms with E-state index in [2.05, 4.69) is 22.3 Å². The third kappa shape index (κ3) is 2.45. The van der Waals surface area contributed by atoms with Crippen LogP contribution in [0.15, 0.2) is 29.6 Å². The van der Waals surface area contributed by atoms with Gasteiger partial charge >= 0.3 is 0 Å². The molecule has 2 bridgehead atoms. The van der Waals surface area contributed by atoms with Gasteiger partial charge in [0.25, 0.3) is 5.91 Å². The first-order valence-corrected chi connectivity index (χ1v) is 8.22.